The normalized spacial score (nSPS) is 10.5. The van der Waals surface area contributed by atoms with Crippen LogP contribution in [-0.2, 0) is 5.41 Å². The van der Waals surface area contributed by atoms with E-state index in [0.29, 0.717) is 5.56 Å². The van der Waals surface area contributed by atoms with E-state index in [1.807, 2.05) is 41.8 Å². The minimum absolute atomic E-state index is 0. The number of anilines is 1. The summed E-state index contributed by atoms with van der Waals surface area (Å²) in [6.07, 6.45) is 2.62. The van der Waals surface area contributed by atoms with E-state index in [0.717, 1.165) is 16.8 Å². The first kappa shape index (κ1) is 23.0. The Bertz CT molecular complexity index is 1010. The summed E-state index contributed by atoms with van der Waals surface area (Å²) in [6, 6.07) is 19.6. The van der Waals surface area contributed by atoms with Gasteiger partial charge in [-0.25, -0.2) is 5.16 Å². The molecule has 0 spiro atoms. The maximum Gasteiger partial charge on any atom is 1.00 e. The molecule has 0 unspecified atom stereocenters. The van der Waals surface area contributed by atoms with Gasteiger partial charge in [0.2, 0.25) is 0 Å². The van der Waals surface area contributed by atoms with E-state index in [-0.39, 0.29) is 62.7 Å². The molecule has 2 heterocycles. The zero-order chi connectivity index (χ0) is 19.3. The van der Waals surface area contributed by atoms with Crippen molar-refractivity contribution in [1.82, 2.24) is 5.16 Å². The third kappa shape index (κ3) is 6.37. The molecule has 0 saturated heterocycles. The summed E-state index contributed by atoms with van der Waals surface area (Å²) in [4.78, 5) is 12.1. The van der Waals surface area contributed by atoms with Crippen LogP contribution in [0, 0.1) is 12.3 Å². The molecule has 6 heteroatoms. The van der Waals surface area contributed by atoms with Crippen LogP contribution in [0.1, 0.15) is 36.9 Å². The zero-order valence-electron chi connectivity index (χ0n) is 16.4. The van der Waals surface area contributed by atoms with Crippen LogP contribution in [0.15, 0.2) is 64.5 Å². The van der Waals surface area contributed by atoms with Gasteiger partial charge in [-0.3, -0.25) is 4.79 Å². The van der Waals surface area contributed by atoms with Crippen molar-refractivity contribution in [2.75, 3.05) is 5.32 Å². The van der Waals surface area contributed by atoms with Crippen molar-refractivity contribution in [2.45, 2.75) is 26.2 Å². The molecule has 0 aliphatic carbocycles. The summed E-state index contributed by atoms with van der Waals surface area (Å²) in [6.45, 7) is 6.21. The number of thiophene rings is 1. The fraction of sp³-hybridized carbons (Fsp3) is 0.182. The molecule has 138 valence electrons. The maximum absolute atomic E-state index is 12.1. The van der Waals surface area contributed by atoms with Crippen molar-refractivity contribution in [3.63, 3.8) is 0 Å². The molecule has 0 aliphatic heterocycles. The Morgan fingerprint density at radius 2 is 1.89 bits per heavy atom. The van der Waals surface area contributed by atoms with E-state index >= 15 is 0 Å². The molecule has 1 amide bonds. The zero-order valence-corrected chi connectivity index (χ0v) is 20.4. The van der Waals surface area contributed by atoms with Crippen molar-refractivity contribution in [1.29, 1.82) is 0 Å². The smallest absolute Gasteiger partial charge is 0.470 e. The molecule has 1 N–H and O–H groups in total. The molecular formula is C22H20KN2O2S-. The topological polar surface area (TPSA) is 55.1 Å². The van der Waals surface area contributed by atoms with Gasteiger partial charge in [0.15, 0.2) is 0 Å². The maximum atomic E-state index is 12.1. The van der Waals surface area contributed by atoms with Crippen LogP contribution in [0.4, 0.5) is 5.69 Å². The molecule has 0 aliphatic rings. The van der Waals surface area contributed by atoms with Crippen LogP contribution in [-0.4, -0.2) is 11.1 Å². The van der Waals surface area contributed by atoms with Crippen molar-refractivity contribution in [3.05, 3.63) is 83.6 Å². The van der Waals surface area contributed by atoms with Gasteiger partial charge in [0, 0.05) is 10.3 Å². The van der Waals surface area contributed by atoms with E-state index in [2.05, 4.69) is 43.5 Å². The first-order valence-corrected chi connectivity index (χ1v) is 9.39. The van der Waals surface area contributed by atoms with Crippen LogP contribution in [0.3, 0.4) is 0 Å². The van der Waals surface area contributed by atoms with E-state index in [9.17, 15) is 4.79 Å². The van der Waals surface area contributed by atoms with E-state index < -0.39 is 0 Å². The minimum Gasteiger partial charge on any atom is -0.470 e. The molecule has 4 rings (SSSR count). The predicted molar refractivity (Wildman–Crippen MR) is 109 cm³/mol. The summed E-state index contributed by atoms with van der Waals surface area (Å²) >= 11 is 1.68. The Labute approximate surface area is 211 Å². The number of aromatic nitrogens is 1. The Morgan fingerprint density at radius 1 is 1.14 bits per heavy atom. The SMILES string of the molecule is CC(C)(C)c1c[c-]no1.O=C(Nc1cc[c-]cc1)c1ccc2sccc2c1.[K+]. The fourth-order valence-electron chi connectivity index (χ4n) is 2.32. The van der Waals surface area contributed by atoms with Crippen molar-refractivity contribution in [2.24, 2.45) is 0 Å². The molecule has 28 heavy (non-hydrogen) atoms. The average molecular weight is 416 g/mol. The minimum atomic E-state index is -0.0886. The predicted octanol–water partition coefficient (Wildman–Crippen LogP) is 2.73. The van der Waals surface area contributed by atoms with Gasteiger partial charge < -0.3 is 9.84 Å². The molecule has 0 bridgehead atoms. The van der Waals surface area contributed by atoms with Crippen LogP contribution >= 0.6 is 11.3 Å². The quantitative estimate of drug-likeness (QED) is 0.405. The van der Waals surface area contributed by atoms with Gasteiger partial charge in [-0.05, 0) is 46.2 Å². The number of fused-ring (bicyclic) bond motifs is 1. The number of hydrogen-bond donors (Lipinski definition) is 1. The molecular weight excluding hydrogens is 395 g/mol. The van der Waals surface area contributed by atoms with Crippen molar-refractivity contribution >= 4 is 33.0 Å². The third-order valence-corrected chi connectivity index (χ3v) is 4.72. The molecule has 4 aromatic rings. The van der Waals surface area contributed by atoms with E-state index in [1.165, 1.54) is 4.70 Å². The summed E-state index contributed by atoms with van der Waals surface area (Å²) in [7, 11) is 0. The Hall–Kier alpha value is -1.28. The summed E-state index contributed by atoms with van der Waals surface area (Å²) < 4.78 is 6.09. The van der Waals surface area contributed by atoms with E-state index in [4.69, 9.17) is 4.52 Å². The molecule has 0 radical (unpaired) electrons. The second-order valence-corrected chi connectivity index (χ2v) is 7.93. The molecule has 0 saturated carbocycles. The Kier molecular flexibility index (Phi) is 8.61. The second kappa shape index (κ2) is 10.5. The Morgan fingerprint density at radius 3 is 2.50 bits per heavy atom. The number of benzene rings is 2. The number of carbonyl (C=O) groups excluding carboxylic acids is 1. The summed E-state index contributed by atoms with van der Waals surface area (Å²) in [5.41, 5.74) is 1.52. The molecule has 4 nitrogen and oxygen atoms in total. The van der Waals surface area contributed by atoms with Crippen molar-refractivity contribution in [3.8, 4) is 0 Å². The van der Waals surface area contributed by atoms with Crippen LogP contribution < -0.4 is 56.7 Å². The second-order valence-electron chi connectivity index (χ2n) is 6.99. The van der Waals surface area contributed by atoms with Crippen molar-refractivity contribution < 1.29 is 60.7 Å². The largest absolute Gasteiger partial charge is 1.00 e. The fourth-order valence-corrected chi connectivity index (χ4v) is 3.09. The number of carbonyl (C=O) groups is 1. The van der Waals surface area contributed by atoms with Gasteiger partial charge in [-0.15, -0.1) is 29.7 Å². The van der Waals surface area contributed by atoms with Crippen LogP contribution in [0.5, 0.6) is 0 Å². The van der Waals surface area contributed by atoms with Gasteiger partial charge in [-0.1, -0.05) is 26.5 Å². The first-order chi connectivity index (χ1) is 12.9. The number of amides is 1. The number of hydrogen-bond acceptors (Lipinski definition) is 4. The van der Waals surface area contributed by atoms with Gasteiger partial charge in [-0.2, -0.15) is 24.3 Å². The number of nitrogens with one attached hydrogen (secondary N) is 1. The van der Waals surface area contributed by atoms with Crippen LogP contribution in [0.2, 0.25) is 0 Å². The number of nitrogens with zero attached hydrogens (tertiary/aromatic N) is 1. The molecule has 2 aromatic heterocycles. The average Bonchev–Trinajstić information content (AvgIpc) is 3.34. The van der Waals surface area contributed by atoms with Gasteiger partial charge in [0.05, 0.1) is 0 Å². The van der Waals surface area contributed by atoms with Gasteiger partial charge >= 0.3 is 51.4 Å². The third-order valence-electron chi connectivity index (χ3n) is 3.82. The molecule has 0 fully saturated rings. The van der Waals surface area contributed by atoms with Gasteiger partial charge in [0.25, 0.3) is 5.91 Å². The summed E-state index contributed by atoms with van der Waals surface area (Å²) in [5.74, 6) is 0.789. The molecule has 2 aromatic carbocycles. The van der Waals surface area contributed by atoms with Gasteiger partial charge in [0.1, 0.15) is 0 Å². The monoisotopic (exact) mass is 415 g/mol. The first-order valence-electron chi connectivity index (χ1n) is 8.51. The van der Waals surface area contributed by atoms with Crippen LogP contribution in [0.25, 0.3) is 10.1 Å². The standard InChI is InChI=1S/C15H10NOS.C7H10NO.K/c17-15(16-13-4-2-1-3-5-13)12-6-7-14-11(10-12)8-9-18-14;1-7(2,3)6-4-5-8-9-6;/h2-10H,(H,16,17);4H,1-3H3;/q2*-1;+1. The van der Waals surface area contributed by atoms with E-state index in [1.54, 1.807) is 29.5 Å². The Balaban J connectivity index is 0.000000239. The molecule has 0 atom stereocenters. The summed E-state index contributed by atoms with van der Waals surface area (Å²) in [5, 5.41) is 9.48. The number of rotatable bonds is 2.